The summed E-state index contributed by atoms with van der Waals surface area (Å²) >= 11 is 0. The summed E-state index contributed by atoms with van der Waals surface area (Å²) in [5, 5.41) is 13.2. The molecular weight excluding hydrogens is 245 g/mol. The standard InChI is InChI=1S/C11H15F3N4/c1-7-8(3-2-6-15-7)16-10-5-4-9(17-18-10)11(12,13)14/h4-5,7-8,15H,2-3,6H2,1H3,(H,16,18). The van der Waals surface area contributed by atoms with Crippen molar-refractivity contribution in [2.24, 2.45) is 0 Å². The highest BCUT2D eigenvalue weighted by atomic mass is 19.4. The van der Waals surface area contributed by atoms with E-state index in [0.29, 0.717) is 5.82 Å². The summed E-state index contributed by atoms with van der Waals surface area (Å²) in [5.74, 6) is 0.378. The molecule has 2 N–H and O–H groups in total. The Balaban J connectivity index is 2.02. The summed E-state index contributed by atoms with van der Waals surface area (Å²) in [6.45, 7) is 3.01. The van der Waals surface area contributed by atoms with E-state index < -0.39 is 11.9 Å². The third-order valence-corrected chi connectivity index (χ3v) is 3.05. The van der Waals surface area contributed by atoms with Gasteiger partial charge in [-0.1, -0.05) is 0 Å². The van der Waals surface area contributed by atoms with Gasteiger partial charge in [0, 0.05) is 12.1 Å². The van der Waals surface area contributed by atoms with Crippen LogP contribution in [0.5, 0.6) is 0 Å². The van der Waals surface area contributed by atoms with Gasteiger partial charge in [0.25, 0.3) is 0 Å². The molecule has 1 saturated heterocycles. The molecule has 0 spiro atoms. The summed E-state index contributed by atoms with van der Waals surface area (Å²) in [5.41, 5.74) is -0.970. The first-order valence-corrected chi connectivity index (χ1v) is 5.87. The van der Waals surface area contributed by atoms with E-state index in [-0.39, 0.29) is 12.1 Å². The molecule has 1 fully saturated rings. The molecule has 0 aliphatic carbocycles. The second kappa shape index (κ2) is 5.09. The fourth-order valence-corrected chi connectivity index (χ4v) is 1.99. The lowest BCUT2D eigenvalue weighted by Crippen LogP contribution is -2.46. The fourth-order valence-electron chi connectivity index (χ4n) is 1.99. The second-order valence-electron chi connectivity index (χ2n) is 4.44. The predicted octanol–water partition coefficient (Wildman–Crippen LogP) is 2.05. The van der Waals surface area contributed by atoms with Gasteiger partial charge in [0.2, 0.25) is 0 Å². The molecule has 1 aromatic heterocycles. The second-order valence-corrected chi connectivity index (χ2v) is 4.44. The highest BCUT2D eigenvalue weighted by Gasteiger charge is 2.33. The minimum atomic E-state index is -4.44. The Morgan fingerprint density at radius 3 is 2.67 bits per heavy atom. The maximum absolute atomic E-state index is 12.3. The molecule has 18 heavy (non-hydrogen) atoms. The highest BCUT2D eigenvalue weighted by molar-refractivity contribution is 5.35. The van der Waals surface area contributed by atoms with Crippen LogP contribution in [0.3, 0.4) is 0 Å². The normalized spacial score (nSPS) is 24.9. The number of nitrogens with zero attached hydrogens (tertiary/aromatic N) is 2. The van der Waals surface area contributed by atoms with Crippen LogP contribution in [0, 0.1) is 0 Å². The average Bonchev–Trinajstić information content (AvgIpc) is 2.32. The molecule has 1 aromatic rings. The molecule has 4 nitrogen and oxygen atoms in total. The first kappa shape index (κ1) is 13.1. The largest absolute Gasteiger partial charge is 0.435 e. The molecule has 0 aromatic carbocycles. The summed E-state index contributed by atoms with van der Waals surface area (Å²) in [6.07, 6.45) is -2.43. The van der Waals surface area contributed by atoms with Crippen LogP contribution in [-0.4, -0.2) is 28.8 Å². The van der Waals surface area contributed by atoms with Crippen LogP contribution in [0.4, 0.5) is 19.0 Å². The van der Waals surface area contributed by atoms with Gasteiger partial charge in [0.05, 0.1) is 0 Å². The summed E-state index contributed by atoms with van der Waals surface area (Å²) in [4.78, 5) is 0. The molecule has 100 valence electrons. The zero-order valence-electron chi connectivity index (χ0n) is 9.96. The van der Waals surface area contributed by atoms with Gasteiger partial charge in [-0.05, 0) is 38.4 Å². The molecule has 2 heterocycles. The fraction of sp³-hybridized carbons (Fsp3) is 0.636. The Morgan fingerprint density at radius 2 is 2.11 bits per heavy atom. The molecule has 7 heteroatoms. The summed E-state index contributed by atoms with van der Waals surface area (Å²) < 4.78 is 36.9. The molecule has 2 unspecified atom stereocenters. The third kappa shape index (κ3) is 3.10. The highest BCUT2D eigenvalue weighted by Crippen LogP contribution is 2.27. The van der Waals surface area contributed by atoms with E-state index in [1.54, 1.807) is 0 Å². The monoisotopic (exact) mass is 260 g/mol. The third-order valence-electron chi connectivity index (χ3n) is 3.05. The number of rotatable bonds is 2. The van der Waals surface area contributed by atoms with E-state index in [4.69, 9.17) is 0 Å². The van der Waals surface area contributed by atoms with Crippen molar-refractivity contribution in [2.45, 2.75) is 38.0 Å². The number of hydrogen-bond acceptors (Lipinski definition) is 4. The van der Waals surface area contributed by atoms with Crippen LogP contribution >= 0.6 is 0 Å². The van der Waals surface area contributed by atoms with Crippen molar-refractivity contribution in [2.75, 3.05) is 11.9 Å². The van der Waals surface area contributed by atoms with Gasteiger partial charge in [-0.2, -0.15) is 13.2 Å². The average molecular weight is 260 g/mol. The number of alkyl halides is 3. The van der Waals surface area contributed by atoms with Crippen molar-refractivity contribution in [3.63, 3.8) is 0 Å². The molecule has 2 rings (SSSR count). The van der Waals surface area contributed by atoms with Gasteiger partial charge in [0.1, 0.15) is 5.82 Å². The van der Waals surface area contributed by atoms with E-state index in [0.717, 1.165) is 25.5 Å². The van der Waals surface area contributed by atoms with Crippen molar-refractivity contribution in [3.05, 3.63) is 17.8 Å². The van der Waals surface area contributed by atoms with E-state index in [9.17, 15) is 13.2 Å². The van der Waals surface area contributed by atoms with Crippen LogP contribution in [0.15, 0.2) is 12.1 Å². The van der Waals surface area contributed by atoms with Gasteiger partial charge < -0.3 is 10.6 Å². The van der Waals surface area contributed by atoms with E-state index in [1.807, 2.05) is 6.92 Å². The Labute approximate surface area is 103 Å². The molecule has 1 aliphatic heterocycles. The Kier molecular flexibility index (Phi) is 3.70. The Morgan fingerprint density at radius 1 is 1.33 bits per heavy atom. The van der Waals surface area contributed by atoms with Crippen molar-refractivity contribution in [3.8, 4) is 0 Å². The molecule has 0 amide bonds. The minimum Gasteiger partial charge on any atom is -0.364 e. The first-order valence-electron chi connectivity index (χ1n) is 5.87. The molecule has 1 aliphatic rings. The van der Waals surface area contributed by atoms with Crippen molar-refractivity contribution in [1.29, 1.82) is 0 Å². The van der Waals surface area contributed by atoms with Gasteiger partial charge >= 0.3 is 6.18 Å². The van der Waals surface area contributed by atoms with Crippen LogP contribution < -0.4 is 10.6 Å². The minimum absolute atomic E-state index is 0.171. The smallest absolute Gasteiger partial charge is 0.364 e. The zero-order valence-corrected chi connectivity index (χ0v) is 9.96. The Hall–Kier alpha value is -1.37. The van der Waals surface area contributed by atoms with E-state index in [2.05, 4.69) is 20.8 Å². The number of hydrogen-bond donors (Lipinski definition) is 2. The first-order chi connectivity index (χ1) is 8.47. The molecule has 0 bridgehead atoms. The van der Waals surface area contributed by atoms with Crippen LogP contribution in [-0.2, 0) is 6.18 Å². The molecule has 0 saturated carbocycles. The number of halogens is 3. The summed E-state index contributed by atoms with van der Waals surface area (Å²) in [6, 6.07) is 2.69. The predicted molar refractivity (Wildman–Crippen MR) is 61.1 cm³/mol. The Bertz CT molecular complexity index is 390. The van der Waals surface area contributed by atoms with Crippen LogP contribution in [0.1, 0.15) is 25.5 Å². The lowest BCUT2D eigenvalue weighted by Gasteiger charge is -2.30. The quantitative estimate of drug-likeness (QED) is 0.854. The van der Waals surface area contributed by atoms with Gasteiger partial charge in [-0.25, -0.2) is 0 Å². The zero-order chi connectivity index (χ0) is 13.2. The van der Waals surface area contributed by atoms with Gasteiger partial charge in [-0.3, -0.25) is 0 Å². The SMILES string of the molecule is CC1NCCCC1Nc1ccc(C(F)(F)F)nn1. The lowest BCUT2D eigenvalue weighted by atomic mass is 10.00. The van der Waals surface area contributed by atoms with Crippen LogP contribution in [0.2, 0.25) is 0 Å². The van der Waals surface area contributed by atoms with Gasteiger partial charge in [-0.15, -0.1) is 10.2 Å². The van der Waals surface area contributed by atoms with Gasteiger partial charge in [0.15, 0.2) is 5.69 Å². The topological polar surface area (TPSA) is 49.8 Å². The number of piperidine rings is 1. The number of anilines is 1. The maximum Gasteiger partial charge on any atom is 0.435 e. The van der Waals surface area contributed by atoms with Crippen LogP contribution in [0.25, 0.3) is 0 Å². The maximum atomic E-state index is 12.3. The van der Waals surface area contributed by atoms with Crippen molar-refractivity contribution in [1.82, 2.24) is 15.5 Å². The van der Waals surface area contributed by atoms with E-state index in [1.165, 1.54) is 6.07 Å². The number of nitrogens with one attached hydrogen (secondary N) is 2. The lowest BCUT2D eigenvalue weighted by molar-refractivity contribution is -0.141. The van der Waals surface area contributed by atoms with Crippen molar-refractivity contribution < 1.29 is 13.2 Å². The van der Waals surface area contributed by atoms with E-state index >= 15 is 0 Å². The summed E-state index contributed by atoms with van der Waals surface area (Å²) in [7, 11) is 0. The molecule has 2 atom stereocenters. The number of aromatic nitrogens is 2. The molecular formula is C11H15F3N4. The molecule has 0 radical (unpaired) electrons. The van der Waals surface area contributed by atoms with Crippen molar-refractivity contribution >= 4 is 5.82 Å².